The molecule has 3 rings (SSSR count). The first-order valence-electron chi connectivity index (χ1n) is 9.07. The highest BCUT2D eigenvalue weighted by Crippen LogP contribution is 2.39. The van der Waals surface area contributed by atoms with Crippen molar-refractivity contribution in [1.82, 2.24) is 0 Å². The van der Waals surface area contributed by atoms with Gasteiger partial charge in [0.05, 0.1) is 37.2 Å². The summed E-state index contributed by atoms with van der Waals surface area (Å²) in [6.45, 7) is 0. The molecular weight excluding hydrogens is 547 g/mol. The molecule has 4 nitrogen and oxygen atoms in total. The Hall–Kier alpha value is -0.270. The van der Waals surface area contributed by atoms with E-state index in [9.17, 15) is 15.2 Å². The summed E-state index contributed by atoms with van der Waals surface area (Å²) in [6.07, 6.45) is 0.673. The summed E-state index contributed by atoms with van der Waals surface area (Å²) in [5.74, 6) is 0.222. The average Bonchev–Trinajstić information content (AvgIpc) is 2.76. The van der Waals surface area contributed by atoms with Gasteiger partial charge in [-0.05, 0) is 29.7 Å². The maximum atomic E-state index is 10.6. The highest BCUT2D eigenvalue weighted by atomic mass is 35.5. The molecule has 0 amide bonds. The van der Waals surface area contributed by atoms with Crippen molar-refractivity contribution in [2.75, 3.05) is 0 Å². The van der Waals surface area contributed by atoms with Crippen LogP contribution in [0.2, 0.25) is 0 Å². The van der Waals surface area contributed by atoms with Crippen LogP contribution in [0.1, 0.15) is 16.4 Å². The SMILES string of the molecule is Cl[C@H]1[C@H](Cl)[C@@H](Cl)[C@@H](Cl)[C@H](Cl)[C@H]1Cl.O=[N+]([O-])c1ccc(CC(S)c2ccc(O)cc2)cc1. The maximum Gasteiger partial charge on any atom is 0.269 e. The van der Waals surface area contributed by atoms with Crippen molar-refractivity contribution in [3.05, 3.63) is 69.8 Å². The molecule has 1 atom stereocenters. The molecule has 0 saturated heterocycles. The summed E-state index contributed by atoms with van der Waals surface area (Å²) in [7, 11) is 0. The Labute approximate surface area is 216 Å². The lowest BCUT2D eigenvalue weighted by molar-refractivity contribution is -0.384. The summed E-state index contributed by atoms with van der Waals surface area (Å²) in [5.41, 5.74) is 2.07. The normalized spacial score (nSPS) is 28.9. The molecule has 0 aliphatic heterocycles. The van der Waals surface area contributed by atoms with Gasteiger partial charge in [-0.25, -0.2) is 0 Å². The molecule has 1 unspecified atom stereocenters. The largest absolute Gasteiger partial charge is 0.508 e. The Morgan fingerprint density at radius 1 is 0.806 bits per heavy atom. The lowest BCUT2D eigenvalue weighted by atomic mass is 9.97. The molecule has 31 heavy (non-hydrogen) atoms. The van der Waals surface area contributed by atoms with Crippen LogP contribution in [0, 0.1) is 10.1 Å². The number of nitro benzene ring substituents is 1. The zero-order chi connectivity index (χ0) is 23.3. The summed E-state index contributed by atoms with van der Waals surface area (Å²) < 4.78 is 0. The van der Waals surface area contributed by atoms with Crippen LogP contribution in [0.25, 0.3) is 0 Å². The second-order valence-corrected chi connectivity index (χ2v) is 10.5. The Kier molecular flexibility index (Phi) is 10.7. The Balaban J connectivity index is 0.000000245. The predicted molar refractivity (Wildman–Crippen MR) is 134 cm³/mol. The summed E-state index contributed by atoms with van der Waals surface area (Å²) in [4.78, 5) is 10.1. The molecule has 1 aliphatic rings. The van der Waals surface area contributed by atoms with Crippen LogP contribution >= 0.6 is 82.2 Å². The van der Waals surface area contributed by atoms with Gasteiger partial charge in [0.1, 0.15) is 5.75 Å². The highest BCUT2D eigenvalue weighted by Gasteiger charge is 2.46. The number of phenols is 1. The van der Waals surface area contributed by atoms with Crippen molar-refractivity contribution in [2.45, 2.75) is 43.9 Å². The summed E-state index contributed by atoms with van der Waals surface area (Å²) in [5, 5.41) is 17.1. The lowest BCUT2D eigenvalue weighted by Crippen LogP contribution is -2.52. The van der Waals surface area contributed by atoms with Crippen molar-refractivity contribution >= 4 is 87.9 Å². The third-order valence-electron chi connectivity index (χ3n) is 4.68. The van der Waals surface area contributed by atoms with Gasteiger partial charge in [-0.15, -0.1) is 69.6 Å². The highest BCUT2D eigenvalue weighted by molar-refractivity contribution is 7.80. The number of hydrogen-bond donors (Lipinski definition) is 2. The number of halogens is 6. The van der Waals surface area contributed by atoms with Crippen LogP contribution in [-0.4, -0.2) is 42.3 Å². The number of rotatable bonds is 4. The first-order chi connectivity index (χ1) is 14.5. The van der Waals surface area contributed by atoms with Crippen molar-refractivity contribution in [1.29, 1.82) is 0 Å². The molecule has 1 fully saturated rings. The number of benzene rings is 2. The fourth-order valence-corrected chi connectivity index (χ4v) is 5.56. The van der Waals surface area contributed by atoms with Crippen LogP contribution in [0.5, 0.6) is 5.75 Å². The van der Waals surface area contributed by atoms with Crippen LogP contribution in [0.15, 0.2) is 48.5 Å². The third kappa shape index (κ3) is 7.36. The number of nitro groups is 1. The number of non-ortho nitro benzene ring substituents is 1. The first-order valence-corrected chi connectivity index (χ1v) is 12.2. The molecule has 2 aromatic carbocycles. The summed E-state index contributed by atoms with van der Waals surface area (Å²) >= 11 is 39.8. The molecular formula is C20H19Cl6NO3S. The standard InChI is InChI=1S/C14H13NO3S.C6H6Cl6/c16-13-7-3-11(4-8-13)14(19)9-10-1-5-12(6-2-10)15(17)18;7-1-2(8)4(10)6(12)5(11)3(1)9/h1-8,14,16,19H,9H2;1-6H/t;1-,2-,3-,4+,5+,6+. The monoisotopic (exact) mass is 563 g/mol. The second-order valence-electron chi connectivity index (χ2n) is 6.90. The molecule has 0 bridgehead atoms. The third-order valence-corrected chi connectivity index (χ3v) is 9.19. The van der Waals surface area contributed by atoms with Gasteiger partial charge >= 0.3 is 0 Å². The second kappa shape index (κ2) is 12.3. The van der Waals surface area contributed by atoms with E-state index in [1.54, 1.807) is 24.3 Å². The zero-order valence-electron chi connectivity index (χ0n) is 15.8. The fraction of sp³-hybridized carbons (Fsp3) is 0.400. The Morgan fingerprint density at radius 3 is 1.55 bits per heavy atom. The number of alkyl halides is 6. The Morgan fingerprint density at radius 2 is 1.19 bits per heavy atom. The minimum Gasteiger partial charge on any atom is -0.508 e. The Bertz CT molecular complexity index is 798. The number of aromatic hydroxyl groups is 1. The van der Waals surface area contributed by atoms with E-state index in [1.807, 2.05) is 12.1 Å². The molecule has 1 N–H and O–H groups in total. The molecule has 1 saturated carbocycles. The number of nitrogens with zero attached hydrogens (tertiary/aromatic N) is 1. The van der Waals surface area contributed by atoms with E-state index in [0.717, 1.165) is 11.1 Å². The van der Waals surface area contributed by atoms with Crippen molar-refractivity contribution < 1.29 is 10.0 Å². The van der Waals surface area contributed by atoms with Gasteiger partial charge in [-0.3, -0.25) is 10.1 Å². The number of hydrogen-bond acceptors (Lipinski definition) is 4. The molecule has 1 aliphatic carbocycles. The van der Waals surface area contributed by atoms with Gasteiger partial charge < -0.3 is 5.11 Å². The molecule has 0 aromatic heterocycles. The number of thiol groups is 1. The van der Waals surface area contributed by atoms with E-state index in [2.05, 4.69) is 12.6 Å². The van der Waals surface area contributed by atoms with Crippen LogP contribution in [0.4, 0.5) is 5.69 Å². The minimum absolute atomic E-state index is 0.0120. The van der Waals surface area contributed by atoms with Crippen molar-refractivity contribution in [3.8, 4) is 5.75 Å². The van der Waals surface area contributed by atoms with E-state index in [1.165, 1.54) is 12.1 Å². The van der Waals surface area contributed by atoms with Crippen LogP contribution in [0.3, 0.4) is 0 Å². The van der Waals surface area contributed by atoms with Gasteiger partial charge in [-0.1, -0.05) is 24.3 Å². The lowest BCUT2D eigenvalue weighted by Gasteiger charge is -2.37. The van der Waals surface area contributed by atoms with Gasteiger partial charge in [0, 0.05) is 17.4 Å². The molecule has 11 heteroatoms. The molecule has 0 heterocycles. The van der Waals surface area contributed by atoms with E-state index >= 15 is 0 Å². The zero-order valence-corrected chi connectivity index (χ0v) is 21.2. The van der Waals surface area contributed by atoms with Crippen LogP contribution < -0.4 is 0 Å². The van der Waals surface area contributed by atoms with Crippen molar-refractivity contribution in [3.63, 3.8) is 0 Å². The molecule has 2 aromatic rings. The van der Waals surface area contributed by atoms with E-state index < -0.39 is 37.2 Å². The molecule has 170 valence electrons. The smallest absolute Gasteiger partial charge is 0.269 e. The number of phenolic OH excluding ortho intramolecular Hbond substituents is 1. The van der Waals surface area contributed by atoms with Gasteiger partial charge in [0.25, 0.3) is 5.69 Å². The fourth-order valence-electron chi connectivity index (χ4n) is 2.85. The topological polar surface area (TPSA) is 63.4 Å². The van der Waals surface area contributed by atoms with Crippen LogP contribution in [-0.2, 0) is 6.42 Å². The minimum atomic E-state index is -0.437. The first kappa shape index (κ1) is 27.0. The van der Waals surface area contributed by atoms with Gasteiger partial charge in [0.2, 0.25) is 0 Å². The maximum absolute atomic E-state index is 10.6. The quantitative estimate of drug-likeness (QED) is 0.179. The van der Waals surface area contributed by atoms with Gasteiger partial charge in [-0.2, -0.15) is 12.6 Å². The predicted octanol–water partition coefficient (Wildman–Crippen LogP) is 7.16. The molecule has 0 spiro atoms. The van der Waals surface area contributed by atoms with Crippen molar-refractivity contribution in [2.24, 2.45) is 0 Å². The average molecular weight is 566 g/mol. The van der Waals surface area contributed by atoms with Gasteiger partial charge in [0.15, 0.2) is 0 Å². The van der Waals surface area contributed by atoms with E-state index in [-0.39, 0.29) is 16.7 Å². The molecule has 0 radical (unpaired) electrons. The van der Waals surface area contributed by atoms with E-state index in [4.69, 9.17) is 69.6 Å². The van der Waals surface area contributed by atoms with E-state index in [0.29, 0.717) is 6.42 Å². The summed E-state index contributed by atoms with van der Waals surface area (Å²) in [6, 6.07) is 13.3.